The molecule has 0 aliphatic carbocycles. The third-order valence-corrected chi connectivity index (χ3v) is 4.30. The number of hydrogen-bond donors (Lipinski definition) is 0. The van der Waals surface area contributed by atoms with Crippen molar-refractivity contribution in [2.24, 2.45) is 12.0 Å². The number of nitrogens with zero attached hydrogens (tertiary/aromatic N) is 2. The summed E-state index contributed by atoms with van der Waals surface area (Å²) >= 11 is 1.74. The molecule has 0 aliphatic heterocycles. The minimum atomic E-state index is 0.998. The van der Waals surface area contributed by atoms with Crippen molar-refractivity contribution in [3.8, 4) is 0 Å². The van der Waals surface area contributed by atoms with Crippen molar-refractivity contribution in [1.29, 1.82) is 0 Å². The maximum atomic E-state index is 4.70. The first kappa shape index (κ1) is 11.2. The lowest BCUT2D eigenvalue weighted by atomic mass is 10.2. The number of aryl methyl sites for hydroxylation is 2. The van der Waals surface area contributed by atoms with Crippen LogP contribution in [0.2, 0.25) is 0 Å². The predicted octanol–water partition coefficient (Wildman–Crippen LogP) is 3.78. The molecule has 3 rings (SSSR count). The lowest BCUT2D eigenvalue weighted by molar-refractivity contribution is 0.912. The minimum Gasteiger partial charge on any atom is -0.320 e. The van der Waals surface area contributed by atoms with Crippen LogP contribution in [0.25, 0.3) is 10.2 Å². The van der Waals surface area contributed by atoms with E-state index in [1.165, 1.54) is 15.8 Å². The van der Waals surface area contributed by atoms with Gasteiger partial charge in [-0.1, -0.05) is 41.7 Å². The maximum Gasteiger partial charge on any atom is 0.190 e. The zero-order valence-electron chi connectivity index (χ0n) is 10.4. The molecule has 0 amide bonds. The number of benzene rings is 2. The van der Waals surface area contributed by atoms with E-state index >= 15 is 0 Å². The van der Waals surface area contributed by atoms with Gasteiger partial charge in [0, 0.05) is 7.05 Å². The highest BCUT2D eigenvalue weighted by Crippen LogP contribution is 2.21. The number of thiazole rings is 1. The van der Waals surface area contributed by atoms with Crippen LogP contribution in [0.1, 0.15) is 5.56 Å². The molecule has 90 valence electrons. The van der Waals surface area contributed by atoms with E-state index in [0.29, 0.717) is 0 Å². The van der Waals surface area contributed by atoms with E-state index in [0.717, 1.165) is 10.5 Å². The van der Waals surface area contributed by atoms with Crippen molar-refractivity contribution < 1.29 is 0 Å². The molecule has 0 atom stereocenters. The molecule has 3 heteroatoms. The quantitative estimate of drug-likeness (QED) is 0.629. The summed E-state index contributed by atoms with van der Waals surface area (Å²) in [5, 5.41) is 0. The second-order valence-electron chi connectivity index (χ2n) is 4.31. The van der Waals surface area contributed by atoms with E-state index in [9.17, 15) is 0 Å². The predicted molar refractivity (Wildman–Crippen MR) is 77.2 cm³/mol. The summed E-state index contributed by atoms with van der Waals surface area (Å²) in [6.07, 6.45) is 0. The van der Waals surface area contributed by atoms with Crippen LogP contribution in [0.5, 0.6) is 0 Å². The Labute approximate surface area is 110 Å². The number of hydrogen-bond acceptors (Lipinski definition) is 2. The number of aromatic nitrogens is 1. The average molecular weight is 254 g/mol. The Hall–Kier alpha value is -1.87. The van der Waals surface area contributed by atoms with Crippen LogP contribution in [0.15, 0.2) is 53.5 Å². The molecule has 0 spiro atoms. The Morgan fingerprint density at radius 3 is 2.50 bits per heavy atom. The summed E-state index contributed by atoms with van der Waals surface area (Å²) in [6.45, 7) is 2.14. The lowest BCUT2D eigenvalue weighted by Crippen LogP contribution is -2.08. The van der Waals surface area contributed by atoms with Crippen molar-refractivity contribution in [3.63, 3.8) is 0 Å². The Morgan fingerprint density at radius 2 is 1.78 bits per heavy atom. The van der Waals surface area contributed by atoms with Crippen LogP contribution in [-0.2, 0) is 7.05 Å². The van der Waals surface area contributed by atoms with Gasteiger partial charge in [-0.15, -0.1) is 0 Å². The first-order chi connectivity index (χ1) is 8.75. The SMILES string of the molecule is Cc1cccc2c1s/c(=N/c1ccccc1)n2C. The number of para-hydroxylation sites is 1. The molecule has 2 nitrogen and oxygen atoms in total. The van der Waals surface area contributed by atoms with Gasteiger partial charge < -0.3 is 4.57 Å². The number of fused-ring (bicyclic) bond motifs is 1. The molecule has 3 aromatic rings. The molecule has 0 fully saturated rings. The Bertz CT molecular complexity index is 751. The Kier molecular flexibility index (Phi) is 2.76. The molecule has 0 N–H and O–H groups in total. The fourth-order valence-electron chi connectivity index (χ4n) is 2.01. The van der Waals surface area contributed by atoms with Gasteiger partial charge in [-0.05, 0) is 30.7 Å². The van der Waals surface area contributed by atoms with Crippen LogP contribution >= 0.6 is 11.3 Å². The second-order valence-corrected chi connectivity index (χ2v) is 5.29. The molecule has 0 aliphatic rings. The molecule has 1 aromatic heterocycles. The van der Waals surface area contributed by atoms with E-state index in [-0.39, 0.29) is 0 Å². The third-order valence-electron chi connectivity index (χ3n) is 3.01. The van der Waals surface area contributed by atoms with Gasteiger partial charge in [-0.2, -0.15) is 0 Å². The number of rotatable bonds is 1. The normalized spacial score (nSPS) is 12.2. The van der Waals surface area contributed by atoms with Gasteiger partial charge in [-0.3, -0.25) is 0 Å². The van der Waals surface area contributed by atoms with Gasteiger partial charge in [0.15, 0.2) is 4.80 Å². The van der Waals surface area contributed by atoms with Crippen molar-refractivity contribution >= 4 is 27.2 Å². The largest absolute Gasteiger partial charge is 0.320 e. The highest BCUT2D eigenvalue weighted by Gasteiger charge is 2.04. The maximum absolute atomic E-state index is 4.70. The summed E-state index contributed by atoms with van der Waals surface area (Å²) in [4.78, 5) is 5.73. The highest BCUT2D eigenvalue weighted by molar-refractivity contribution is 7.16. The molecule has 0 saturated carbocycles. The fraction of sp³-hybridized carbons (Fsp3) is 0.133. The molecule has 18 heavy (non-hydrogen) atoms. The molecule has 2 aromatic carbocycles. The van der Waals surface area contributed by atoms with E-state index in [2.05, 4.69) is 36.7 Å². The summed E-state index contributed by atoms with van der Waals surface area (Å²) in [6, 6.07) is 16.5. The van der Waals surface area contributed by atoms with Crippen LogP contribution in [0, 0.1) is 6.92 Å². The molecule has 1 heterocycles. The second kappa shape index (κ2) is 4.42. The summed E-state index contributed by atoms with van der Waals surface area (Å²) in [7, 11) is 2.07. The van der Waals surface area contributed by atoms with Crippen LogP contribution in [-0.4, -0.2) is 4.57 Å². The van der Waals surface area contributed by atoms with E-state index in [4.69, 9.17) is 4.99 Å². The van der Waals surface area contributed by atoms with Crippen LogP contribution in [0.4, 0.5) is 5.69 Å². The van der Waals surface area contributed by atoms with E-state index in [1.807, 2.05) is 30.3 Å². The topological polar surface area (TPSA) is 17.3 Å². The smallest absolute Gasteiger partial charge is 0.190 e. The summed E-state index contributed by atoms with van der Waals surface area (Å²) < 4.78 is 3.47. The lowest BCUT2D eigenvalue weighted by Gasteiger charge is -1.96. The summed E-state index contributed by atoms with van der Waals surface area (Å²) in [5.41, 5.74) is 3.55. The van der Waals surface area contributed by atoms with Gasteiger partial charge in [-0.25, -0.2) is 4.99 Å². The van der Waals surface area contributed by atoms with Gasteiger partial charge in [0.1, 0.15) is 0 Å². The molecule has 0 saturated heterocycles. The monoisotopic (exact) mass is 254 g/mol. The minimum absolute atomic E-state index is 0.998. The van der Waals surface area contributed by atoms with E-state index < -0.39 is 0 Å². The zero-order chi connectivity index (χ0) is 12.5. The average Bonchev–Trinajstić information content (AvgIpc) is 2.70. The van der Waals surface area contributed by atoms with Crippen molar-refractivity contribution in [1.82, 2.24) is 4.57 Å². The van der Waals surface area contributed by atoms with Crippen molar-refractivity contribution in [2.45, 2.75) is 6.92 Å². The molecular weight excluding hydrogens is 240 g/mol. The standard InChI is InChI=1S/C15H14N2S/c1-11-7-6-10-13-14(11)18-15(17(13)2)16-12-8-4-3-5-9-12/h3-10H,1-2H3/b16-15+. The molecular formula is C15H14N2S. The van der Waals surface area contributed by atoms with Gasteiger partial charge in [0.25, 0.3) is 0 Å². The van der Waals surface area contributed by atoms with Crippen LogP contribution < -0.4 is 4.80 Å². The third kappa shape index (κ3) is 1.87. The van der Waals surface area contributed by atoms with Gasteiger partial charge in [0.2, 0.25) is 0 Å². The summed E-state index contributed by atoms with van der Waals surface area (Å²) in [5.74, 6) is 0. The first-order valence-corrected chi connectivity index (χ1v) is 6.72. The van der Waals surface area contributed by atoms with Crippen molar-refractivity contribution in [2.75, 3.05) is 0 Å². The highest BCUT2D eigenvalue weighted by atomic mass is 32.1. The van der Waals surface area contributed by atoms with Crippen molar-refractivity contribution in [3.05, 3.63) is 58.9 Å². The first-order valence-electron chi connectivity index (χ1n) is 5.90. The molecule has 0 radical (unpaired) electrons. The van der Waals surface area contributed by atoms with Crippen LogP contribution in [0.3, 0.4) is 0 Å². The Balaban J connectivity index is 2.28. The fourth-order valence-corrected chi connectivity index (χ4v) is 3.11. The Morgan fingerprint density at radius 1 is 1.00 bits per heavy atom. The van der Waals surface area contributed by atoms with E-state index in [1.54, 1.807) is 11.3 Å². The van der Waals surface area contributed by atoms with Gasteiger partial charge >= 0.3 is 0 Å². The molecule has 0 unspecified atom stereocenters. The molecule has 0 bridgehead atoms. The zero-order valence-corrected chi connectivity index (χ0v) is 11.2. The van der Waals surface area contributed by atoms with Gasteiger partial charge in [0.05, 0.1) is 15.9 Å².